The van der Waals surface area contributed by atoms with Gasteiger partial charge in [-0.2, -0.15) is 8.42 Å². The summed E-state index contributed by atoms with van der Waals surface area (Å²) in [5.41, 5.74) is 2.66. The number of hydrogen-bond donors (Lipinski definition) is 1. The predicted octanol–water partition coefficient (Wildman–Crippen LogP) is 0.130. The van der Waals surface area contributed by atoms with E-state index < -0.39 is 10.1 Å². The molecule has 0 aromatic heterocycles. The molecule has 0 saturated carbocycles. The van der Waals surface area contributed by atoms with Crippen LogP contribution < -0.4 is 2.81 Å². The first kappa shape index (κ1) is 15.4. The van der Waals surface area contributed by atoms with Gasteiger partial charge in [-0.15, -0.1) is 0 Å². The summed E-state index contributed by atoms with van der Waals surface area (Å²) < 4.78 is 38.7. The summed E-state index contributed by atoms with van der Waals surface area (Å²) in [6.45, 7) is 2.34. The van der Waals surface area contributed by atoms with Crippen LogP contribution in [0.5, 0.6) is 0 Å². The van der Waals surface area contributed by atoms with Crippen molar-refractivity contribution in [2.75, 3.05) is 19.5 Å². The van der Waals surface area contributed by atoms with Crippen LogP contribution in [0, 0.1) is 0 Å². The number of ether oxygens (including phenoxy) is 2. The maximum atomic E-state index is 9.19. The first-order chi connectivity index (χ1) is 8.80. The van der Waals surface area contributed by atoms with Gasteiger partial charge in [0, 0.05) is 0 Å². The van der Waals surface area contributed by atoms with Crippen molar-refractivity contribution in [2.24, 2.45) is 0 Å². The summed E-state index contributed by atoms with van der Waals surface area (Å²) in [5.74, 6) is 0. The van der Waals surface area contributed by atoms with E-state index in [2.05, 4.69) is 18.2 Å². The molecule has 0 bridgehead atoms. The average Bonchev–Trinajstić information content (AvgIpc) is 2.87. The molecular formula is C12H15NaO5S. The van der Waals surface area contributed by atoms with Gasteiger partial charge in [0.2, 0.25) is 0 Å². The second-order valence-corrected chi connectivity index (χ2v) is 7.60. The monoisotopic (exact) mass is 294 g/mol. The van der Waals surface area contributed by atoms with Gasteiger partial charge in [0.1, 0.15) is 0 Å². The molecule has 2 aliphatic rings. The van der Waals surface area contributed by atoms with Gasteiger partial charge in [0.05, 0.1) is 6.26 Å². The Labute approximate surface area is 130 Å². The summed E-state index contributed by atoms with van der Waals surface area (Å²) in [7, 11) is -3.67. The van der Waals surface area contributed by atoms with Crippen LogP contribution in [0.3, 0.4) is 0 Å². The van der Waals surface area contributed by atoms with Gasteiger partial charge >= 0.3 is 101 Å². The Morgan fingerprint density at radius 1 is 1.42 bits per heavy atom. The fourth-order valence-electron chi connectivity index (χ4n) is 2.41. The summed E-state index contributed by atoms with van der Waals surface area (Å²) in [6, 6.07) is 6.73. The van der Waals surface area contributed by atoms with Crippen LogP contribution in [-0.2, 0) is 31.8 Å². The Bertz CT molecular complexity index is 555. The van der Waals surface area contributed by atoms with E-state index in [0.717, 1.165) is 54.2 Å². The fraction of sp³-hybridized carbons (Fsp3) is 0.500. The zero-order valence-electron chi connectivity index (χ0n) is 11.0. The van der Waals surface area contributed by atoms with E-state index in [1.165, 1.54) is 13.9 Å². The van der Waals surface area contributed by atoms with Gasteiger partial charge in [-0.05, 0) is 0 Å². The minimum absolute atomic E-state index is 0.0875. The average molecular weight is 294 g/mol. The number of hydrogen-bond acceptors (Lipinski definition) is 4. The molecule has 1 unspecified atom stereocenters. The molecule has 3 rings (SSSR count). The molecule has 1 spiro atoms. The van der Waals surface area contributed by atoms with E-state index in [4.69, 9.17) is 14.0 Å². The van der Waals surface area contributed by atoms with E-state index in [1.54, 1.807) is 0 Å². The number of benzene rings is 1. The summed E-state index contributed by atoms with van der Waals surface area (Å²) in [4.78, 5) is 0. The van der Waals surface area contributed by atoms with E-state index in [1.807, 2.05) is 0 Å². The maximum absolute atomic E-state index is 9.19. The van der Waals surface area contributed by atoms with Crippen molar-refractivity contribution in [1.29, 1.82) is 0 Å². The molecule has 1 atom stereocenters. The number of rotatable bonds is 0. The first-order valence-electron chi connectivity index (χ1n) is 6.04. The molecule has 7 heteroatoms. The third-order valence-electron chi connectivity index (χ3n) is 3.25. The van der Waals surface area contributed by atoms with Crippen LogP contribution >= 0.6 is 0 Å². The van der Waals surface area contributed by atoms with Crippen LogP contribution in [-0.4, -0.2) is 60.4 Å². The molecule has 1 fully saturated rings. The third kappa shape index (κ3) is 4.01. The normalized spacial score (nSPS) is 25.1. The molecular weight excluding hydrogens is 279 g/mol. The molecule has 1 aromatic carbocycles. The van der Waals surface area contributed by atoms with Crippen molar-refractivity contribution in [2.45, 2.75) is 18.6 Å². The SMILES string of the molecule is CS(=O)(=O)O.[Na][c]1ccc2c(c1)C1(CCOC1)OC2. The Kier molecular flexibility index (Phi) is 4.72. The van der Waals surface area contributed by atoms with Crippen LogP contribution in [0.1, 0.15) is 17.5 Å². The molecule has 1 N–H and O–H groups in total. The zero-order valence-corrected chi connectivity index (χ0v) is 13.9. The molecule has 100 valence electrons. The molecule has 1 saturated heterocycles. The number of fused-ring (bicyclic) bond motifs is 2. The van der Waals surface area contributed by atoms with Gasteiger partial charge in [-0.25, -0.2) is 0 Å². The summed E-state index contributed by atoms with van der Waals surface area (Å²) >= 11 is 1.11. The van der Waals surface area contributed by atoms with Crippen molar-refractivity contribution in [1.82, 2.24) is 0 Å². The van der Waals surface area contributed by atoms with E-state index in [0.29, 0.717) is 6.26 Å². The van der Waals surface area contributed by atoms with Crippen molar-refractivity contribution >= 4 is 40.9 Å². The standard InChI is InChI=1S/C11H11O2.CH4O3S.Na/c1-2-4-10-9(3-1)7-13-11(10)5-6-12-8-11;1-5(2,3)4;/h1,3-4H,5-8H2;1H3,(H,2,3,4);. The van der Waals surface area contributed by atoms with E-state index >= 15 is 0 Å². The Morgan fingerprint density at radius 2 is 2.11 bits per heavy atom. The van der Waals surface area contributed by atoms with Crippen molar-refractivity contribution < 1.29 is 22.4 Å². The molecule has 0 amide bonds. The Hall–Kier alpha value is 0.0500. The van der Waals surface area contributed by atoms with E-state index in [-0.39, 0.29) is 5.60 Å². The van der Waals surface area contributed by atoms with E-state index in [9.17, 15) is 8.42 Å². The fourth-order valence-corrected chi connectivity index (χ4v) is 2.86. The summed E-state index contributed by atoms with van der Waals surface area (Å²) in [5, 5.41) is 0. The Morgan fingerprint density at radius 3 is 2.68 bits per heavy atom. The third-order valence-corrected chi connectivity index (χ3v) is 3.87. The van der Waals surface area contributed by atoms with Crippen LogP contribution in [0.2, 0.25) is 0 Å². The molecule has 19 heavy (non-hydrogen) atoms. The van der Waals surface area contributed by atoms with Gasteiger partial charge in [-0.1, -0.05) is 0 Å². The minimum atomic E-state index is -3.67. The van der Waals surface area contributed by atoms with Crippen LogP contribution in [0.15, 0.2) is 18.2 Å². The quantitative estimate of drug-likeness (QED) is 0.544. The van der Waals surface area contributed by atoms with Gasteiger partial charge in [0.15, 0.2) is 0 Å². The van der Waals surface area contributed by atoms with Crippen molar-refractivity contribution in [3.8, 4) is 0 Å². The van der Waals surface area contributed by atoms with Gasteiger partial charge < -0.3 is 0 Å². The summed E-state index contributed by atoms with van der Waals surface area (Å²) in [6.07, 6.45) is 1.73. The molecule has 0 radical (unpaired) electrons. The molecule has 5 nitrogen and oxygen atoms in total. The van der Waals surface area contributed by atoms with Crippen LogP contribution in [0.4, 0.5) is 0 Å². The topological polar surface area (TPSA) is 72.8 Å². The second-order valence-electron chi connectivity index (χ2n) is 4.98. The van der Waals surface area contributed by atoms with Crippen molar-refractivity contribution in [3.63, 3.8) is 0 Å². The Balaban J connectivity index is 0.000000232. The van der Waals surface area contributed by atoms with Crippen molar-refractivity contribution in [3.05, 3.63) is 29.3 Å². The van der Waals surface area contributed by atoms with Gasteiger partial charge in [0.25, 0.3) is 10.1 Å². The molecule has 0 aliphatic carbocycles. The zero-order chi connectivity index (χ0) is 14.1. The molecule has 2 heterocycles. The van der Waals surface area contributed by atoms with Crippen LogP contribution in [0.25, 0.3) is 0 Å². The molecule has 1 aromatic rings. The second kappa shape index (κ2) is 5.81. The van der Waals surface area contributed by atoms with Gasteiger partial charge in [-0.3, -0.25) is 4.55 Å². The first-order valence-corrected chi connectivity index (χ1v) is 8.89. The predicted molar refractivity (Wildman–Crippen MR) is 71.2 cm³/mol. The molecule has 2 aliphatic heterocycles.